The lowest BCUT2D eigenvalue weighted by atomic mass is 10.0. The van der Waals surface area contributed by atoms with Crippen LogP contribution in [0.5, 0.6) is 0 Å². The highest BCUT2D eigenvalue weighted by atomic mass is 32.2. The number of hydrogen-bond acceptors (Lipinski definition) is 4. The van der Waals surface area contributed by atoms with E-state index in [1.165, 1.54) is 6.07 Å². The van der Waals surface area contributed by atoms with Crippen LogP contribution in [0, 0.1) is 13.8 Å². The molecule has 1 aliphatic heterocycles. The second-order valence-corrected chi connectivity index (χ2v) is 10.4. The van der Waals surface area contributed by atoms with Crippen molar-refractivity contribution in [1.29, 1.82) is 0 Å². The number of nitrogens with one attached hydrogen (secondary N) is 1. The van der Waals surface area contributed by atoms with E-state index in [0.29, 0.717) is 17.3 Å². The fourth-order valence-electron chi connectivity index (χ4n) is 3.98. The van der Waals surface area contributed by atoms with Crippen molar-refractivity contribution in [3.8, 4) is 0 Å². The van der Waals surface area contributed by atoms with Gasteiger partial charge in [0.25, 0.3) is 15.9 Å². The molecule has 2 aromatic rings. The zero-order valence-electron chi connectivity index (χ0n) is 19.1. The molecule has 1 fully saturated rings. The number of benzene rings is 2. The van der Waals surface area contributed by atoms with Crippen LogP contribution in [0.3, 0.4) is 0 Å². The standard InChI is InChI=1S/C24H33N3O3S/c1-17(2)27-14-12-21(13-15-27)26(5)24(28)23-16-22(11-8-19(23)4)31(29,30)25-20-9-6-18(3)7-10-20/h6-11,16-17,21,25H,12-15H2,1-5H3. The number of sulfonamides is 1. The van der Waals surface area contributed by atoms with Gasteiger partial charge in [0.2, 0.25) is 0 Å². The number of anilines is 1. The number of amides is 1. The van der Waals surface area contributed by atoms with E-state index in [-0.39, 0.29) is 16.8 Å². The van der Waals surface area contributed by atoms with Crippen LogP contribution >= 0.6 is 0 Å². The van der Waals surface area contributed by atoms with Gasteiger partial charge in [0.05, 0.1) is 4.90 Å². The van der Waals surface area contributed by atoms with Gasteiger partial charge >= 0.3 is 0 Å². The molecule has 0 saturated carbocycles. The van der Waals surface area contributed by atoms with Crippen molar-refractivity contribution >= 4 is 21.6 Å². The maximum absolute atomic E-state index is 13.3. The van der Waals surface area contributed by atoms with Gasteiger partial charge in [0.15, 0.2) is 0 Å². The van der Waals surface area contributed by atoms with E-state index in [9.17, 15) is 13.2 Å². The quantitative estimate of drug-likeness (QED) is 0.731. The summed E-state index contributed by atoms with van der Waals surface area (Å²) in [5, 5.41) is 0. The third-order valence-electron chi connectivity index (χ3n) is 6.15. The molecule has 0 bridgehead atoms. The molecule has 1 saturated heterocycles. The van der Waals surface area contributed by atoms with Gasteiger partial charge in [-0.1, -0.05) is 23.8 Å². The number of aryl methyl sites for hydroxylation is 2. The molecular formula is C24H33N3O3S. The molecule has 1 amide bonds. The minimum absolute atomic E-state index is 0.0880. The topological polar surface area (TPSA) is 69.7 Å². The van der Waals surface area contributed by atoms with Crippen molar-refractivity contribution in [3.05, 3.63) is 59.2 Å². The van der Waals surface area contributed by atoms with Crippen LogP contribution in [0.25, 0.3) is 0 Å². The van der Waals surface area contributed by atoms with Crippen LogP contribution in [0.4, 0.5) is 5.69 Å². The molecule has 1 aliphatic rings. The average molecular weight is 444 g/mol. The summed E-state index contributed by atoms with van der Waals surface area (Å²) < 4.78 is 28.4. The number of carbonyl (C=O) groups is 1. The summed E-state index contributed by atoms with van der Waals surface area (Å²) >= 11 is 0. The van der Waals surface area contributed by atoms with E-state index < -0.39 is 10.0 Å². The number of piperidine rings is 1. The second kappa shape index (κ2) is 9.40. The van der Waals surface area contributed by atoms with Gasteiger partial charge in [-0.05, 0) is 70.4 Å². The molecular weight excluding hydrogens is 410 g/mol. The zero-order valence-corrected chi connectivity index (χ0v) is 19.9. The average Bonchev–Trinajstić information content (AvgIpc) is 2.74. The Balaban J connectivity index is 1.78. The highest BCUT2D eigenvalue weighted by Gasteiger charge is 2.28. The molecule has 2 aromatic carbocycles. The number of likely N-dealkylation sites (tertiary alicyclic amines) is 1. The first-order valence-electron chi connectivity index (χ1n) is 10.8. The first-order chi connectivity index (χ1) is 14.6. The fourth-order valence-corrected chi connectivity index (χ4v) is 5.06. The molecule has 6 nitrogen and oxygen atoms in total. The molecule has 0 radical (unpaired) electrons. The summed E-state index contributed by atoms with van der Waals surface area (Å²) in [7, 11) is -1.97. The molecule has 3 rings (SSSR count). The maximum Gasteiger partial charge on any atom is 0.261 e. The normalized spacial score (nSPS) is 15.8. The van der Waals surface area contributed by atoms with Gasteiger partial charge in [-0.25, -0.2) is 8.42 Å². The van der Waals surface area contributed by atoms with E-state index in [4.69, 9.17) is 0 Å². The van der Waals surface area contributed by atoms with Gasteiger partial charge in [0, 0.05) is 43.5 Å². The van der Waals surface area contributed by atoms with Gasteiger partial charge in [-0.2, -0.15) is 0 Å². The van der Waals surface area contributed by atoms with E-state index in [1.54, 1.807) is 29.2 Å². The zero-order chi connectivity index (χ0) is 22.8. The van der Waals surface area contributed by atoms with Crippen molar-refractivity contribution in [2.45, 2.75) is 57.5 Å². The first-order valence-corrected chi connectivity index (χ1v) is 12.3. The molecule has 0 unspecified atom stereocenters. The Labute approximate surface area is 186 Å². The summed E-state index contributed by atoms with van der Waals surface area (Å²) in [5.74, 6) is -0.132. The Morgan fingerprint density at radius 2 is 1.68 bits per heavy atom. The molecule has 7 heteroatoms. The number of nitrogens with zero attached hydrogens (tertiary/aromatic N) is 2. The number of carbonyl (C=O) groups excluding carboxylic acids is 1. The van der Waals surface area contributed by atoms with Gasteiger partial charge < -0.3 is 9.80 Å². The smallest absolute Gasteiger partial charge is 0.261 e. The van der Waals surface area contributed by atoms with Crippen molar-refractivity contribution < 1.29 is 13.2 Å². The van der Waals surface area contributed by atoms with Crippen molar-refractivity contribution in [3.63, 3.8) is 0 Å². The van der Waals surface area contributed by atoms with E-state index >= 15 is 0 Å². The van der Waals surface area contributed by atoms with Crippen LogP contribution in [0.1, 0.15) is 48.2 Å². The van der Waals surface area contributed by atoms with Crippen molar-refractivity contribution in [2.24, 2.45) is 0 Å². The predicted octanol–water partition coefficient (Wildman–Crippen LogP) is 4.05. The molecule has 0 aliphatic carbocycles. The molecule has 168 valence electrons. The van der Waals surface area contributed by atoms with E-state index in [1.807, 2.05) is 33.0 Å². The van der Waals surface area contributed by atoms with E-state index in [2.05, 4.69) is 23.5 Å². The monoisotopic (exact) mass is 443 g/mol. The van der Waals surface area contributed by atoms with E-state index in [0.717, 1.165) is 37.1 Å². The van der Waals surface area contributed by atoms with Crippen LogP contribution in [0.2, 0.25) is 0 Å². The summed E-state index contributed by atoms with van der Waals surface area (Å²) in [5.41, 5.74) is 2.74. The minimum Gasteiger partial charge on any atom is -0.339 e. The van der Waals surface area contributed by atoms with Gasteiger partial charge in [-0.3, -0.25) is 9.52 Å². The third-order valence-corrected chi connectivity index (χ3v) is 7.53. The number of hydrogen-bond donors (Lipinski definition) is 1. The third kappa shape index (κ3) is 5.46. The highest BCUT2D eigenvalue weighted by molar-refractivity contribution is 7.92. The Kier molecular flexibility index (Phi) is 7.06. The minimum atomic E-state index is -3.79. The summed E-state index contributed by atoms with van der Waals surface area (Å²) in [6.07, 6.45) is 1.85. The van der Waals surface area contributed by atoms with Crippen LogP contribution < -0.4 is 4.72 Å². The lowest BCUT2D eigenvalue weighted by molar-refractivity contribution is 0.0614. The molecule has 0 atom stereocenters. The Bertz CT molecular complexity index is 1020. The molecule has 1 heterocycles. The van der Waals surface area contributed by atoms with Gasteiger partial charge in [0.1, 0.15) is 0 Å². The van der Waals surface area contributed by atoms with Crippen molar-refractivity contribution in [2.75, 3.05) is 24.9 Å². The largest absolute Gasteiger partial charge is 0.339 e. The lowest BCUT2D eigenvalue weighted by Gasteiger charge is -2.38. The first kappa shape index (κ1) is 23.3. The molecule has 0 spiro atoms. The summed E-state index contributed by atoms with van der Waals surface area (Å²) in [4.78, 5) is 17.5. The Hall–Kier alpha value is -2.38. The SMILES string of the molecule is Cc1ccc(NS(=O)(=O)c2ccc(C)c(C(=O)N(C)C3CCN(C(C)C)CC3)c2)cc1. The molecule has 0 aromatic heterocycles. The van der Waals surface area contributed by atoms with Gasteiger partial charge in [-0.15, -0.1) is 0 Å². The summed E-state index contributed by atoms with van der Waals surface area (Å²) in [6, 6.07) is 12.6. The maximum atomic E-state index is 13.3. The summed E-state index contributed by atoms with van der Waals surface area (Å²) in [6.45, 7) is 10.1. The fraction of sp³-hybridized carbons (Fsp3) is 0.458. The Morgan fingerprint density at radius 1 is 1.06 bits per heavy atom. The molecule has 1 N–H and O–H groups in total. The lowest BCUT2D eigenvalue weighted by Crippen LogP contribution is -2.47. The predicted molar refractivity (Wildman–Crippen MR) is 125 cm³/mol. The second-order valence-electron chi connectivity index (χ2n) is 8.73. The Morgan fingerprint density at radius 3 is 2.26 bits per heavy atom. The van der Waals surface area contributed by atoms with Crippen LogP contribution in [-0.4, -0.2) is 56.3 Å². The number of rotatable bonds is 6. The molecule has 31 heavy (non-hydrogen) atoms. The highest BCUT2D eigenvalue weighted by Crippen LogP contribution is 2.23. The van der Waals surface area contributed by atoms with Crippen molar-refractivity contribution in [1.82, 2.24) is 9.80 Å². The van der Waals surface area contributed by atoms with Crippen LogP contribution in [0.15, 0.2) is 47.4 Å². The van der Waals surface area contributed by atoms with Crippen LogP contribution in [-0.2, 0) is 10.0 Å².